The van der Waals surface area contributed by atoms with E-state index in [9.17, 15) is 18.0 Å². The number of ketones is 1. The second-order valence-electron chi connectivity index (χ2n) is 6.65. The zero-order valence-electron chi connectivity index (χ0n) is 16.7. The number of aromatic nitrogens is 1. The molecule has 0 bridgehead atoms. The van der Waals surface area contributed by atoms with Crippen LogP contribution in [-0.4, -0.2) is 43.5 Å². The van der Waals surface area contributed by atoms with E-state index < -0.39 is 16.0 Å². The summed E-state index contributed by atoms with van der Waals surface area (Å²) in [7, 11) is -1.10. The van der Waals surface area contributed by atoms with Crippen molar-refractivity contribution in [3.05, 3.63) is 53.7 Å². The van der Waals surface area contributed by atoms with Gasteiger partial charge in [0, 0.05) is 29.6 Å². The Kier molecular flexibility index (Phi) is 5.84. The second-order valence-corrected chi connectivity index (χ2v) is 8.47. The standard InChI is InChI=1S/C21H21NO7S/c1-13(23)14-4-7-16(8-5-14)30(26,27)22-12-15(6-9-21(24)25)17-10-19(28-2)20(29-3)11-18(17)22/h4-5,7-8,10-12H,6,9H2,1-3H3,(H,24,25). The van der Waals surface area contributed by atoms with E-state index in [1.54, 1.807) is 12.1 Å². The Bertz CT molecular complexity index is 1220. The van der Waals surface area contributed by atoms with E-state index in [-0.39, 0.29) is 23.5 Å². The van der Waals surface area contributed by atoms with Crippen LogP contribution in [0.2, 0.25) is 0 Å². The fourth-order valence-electron chi connectivity index (χ4n) is 3.20. The lowest BCUT2D eigenvalue weighted by Gasteiger charge is -2.11. The zero-order chi connectivity index (χ0) is 22.1. The number of carbonyl (C=O) groups is 2. The number of aliphatic carboxylic acids is 1. The molecule has 0 unspecified atom stereocenters. The number of rotatable bonds is 8. The predicted molar refractivity (Wildman–Crippen MR) is 110 cm³/mol. The van der Waals surface area contributed by atoms with Gasteiger partial charge in [-0.25, -0.2) is 12.4 Å². The predicted octanol–water partition coefficient (Wildman–Crippen LogP) is 3.12. The van der Waals surface area contributed by atoms with Crippen LogP contribution >= 0.6 is 0 Å². The normalized spacial score (nSPS) is 11.4. The largest absolute Gasteiger partial charge is 0.493 e. The van der Waals surface area contributed by atoms with Gasteiger partial charge in [0.15, 0.2) is 17.3 Å². The van der Waals surface area contributed by atoms with Gasteiger partial charge in [-0.05, 0) is 37.1 Å². The van der Waals surface area contributed by atoms with E-state index in [1.165, 1.54) is 51.6 Å². The van der Waals surface area contributed by atoms with Crippen LogP contribution in [0.1, 0.15) is 29.3 Å². The summed E-state index contributed by atoms with van der Waals surface area (Å²) < 4.78 is 38.4. The summed E-state index contributed by atoms with van der Waals surface area (Å²) in [6.45, 7) is 1.40. The van der Waals surface area contributed by atoms with Crippen LogP contribution in [0.5, 0.6) is 11.5 Å². The summed E-state index contributed by atoms with van der Waals surface area (Å²) in [5.74, 6) is -0.406. The van der Waals surface area contributed by atoms with Crippen LogP contribution < -0.4 is 9.47 Å². The number of hydrogen-bond acceptors (Lipinski definition) is 6. The number of hydrogen-bond donors (Lipinski definition) is 1. The Hall–Kier alpha value is -3.33. The number of ether oxygens (including phenoxy) is 2. The Morgan fingerprint density at radius 3 is 2.17 bits per heavy atom. The molecule has 0 radical (unpaired) electrons. The molecule has 0 aliphatic rings. The van der Waals surface area contributed by atoms with Crippen molar-refractivity contribution in [3.8, 4) is 11.5 Å². The highest BCUT2D eigenvalue weighted by Crippen LogP contribution is 2.36. The molecule has 9 heteroatoms. The number of benzene rings is 2. The molecule has 0 saturated carbocycles. The number of carboxylic acid groups (broad SMARTS) is 1. The Balaban J connectivity index is 2.22. The average Bonchev–Trinajstić information content (AvgIpc) is 3.09. The number of nitrogens with zero attached hydrogens (tertiary/aromatic N) is 1. The van der Waals surface area contributed by atoms with Gasteiger partial charge in [0.1, 0.15) is 0 Å². The highest BCUT2D eigenvalue weighted by atomic mass is 32.2. The lowest BCUT2D eigenvalue weighted by molar-refractivity contribution is -0.136. The molecule has 0 spiro atoms. The van der Waals surface area contributed by atoms with Crippen LogP contribution in [-0.2, 0) is 21.2 Å². The molecule has 0 amide bonds. The molecule has 0 atom stereocenters. The summed E-state index contributed by atoms with van der Waals surface area (Å²) in [4.78, 5) is 22.5. The van der Waals surface area contributed by atoms with Gasteiger partial charge in [-0.2, -0.15) is 0 Å². The van der Waals surface area contributed by atoms with Crippen molar-refractivity contribution in [1.29, 1.82) is 0 Å². The first-order valence-electron chi connectivity index (χ1n) is 9.03. The number of Topliss-reactive ketones (excluding diaryl/α,β-unsaturated/α-hetero) is 1. The third-order valence-corrected chi connectivity index (χ3v) is 6.47. The number of fused-ring (bicyclic) bond motifs is 1. The van der Waals surface area contributed by atoms with Crippen molar-refractivity contribution < 1.29 is 32.6 Å². The fraction of sp³-hybridized carbons (Fsp3) is 0.238. The minimum absolute atomic E-state index is 0.00368. The number of carboxylic acids is 1. The average molecular weight is 431 g/mol. The van der Waals surface area contributed by atoms with Crippen LogP contribution in [0.25, 0.3) is 10.9 Å². The van der Waals surface area contributed by atoms with Crippen molar-refractivity contribution >= 4 is 32.7 Å². The van der Waals surface area contributed by atoms with E-state index in [0.717, 1.165) is 3.97 Å². The third kappa shape index (κ3) is 3.88. The molecule has 0 aliphatic heterocycles. The molecule has 0 fully saturated rings. The fourth-order valence-corrected chi connectivity index (χ4v) is 4.59. The maximum atomic E-state index is 13.3. The molecular formula is C21H21NO7S. The summed E-state index contributed by atoms with van der Waals surface area (Å²) in [5.41, 5.74) is 1.29. The molecule has 1 N–H and O–H groups in total. The molecule has 3 rings (SSSR count). The van der Waals surface area contributed by atoms with Crippen LogP contribution in [0, 0.1) is 0 Å². The maximum absolute atomic E-state index is 13.3. The molecule has 0 aliphatic carbocycles. The number of carbonyl (C=O) groups excluding carboxylic acids is 1. The lowest BCUT2D eigenvalue weighted by Crippen LogP contribution is -2.12. The van der Waals surface area contributed by atoms with Crippen molar-refractivity contribution in [2.75, 3.05) is 14.2 Å². The van der Waals surface area contributed by atoms with E-state index in [4.69, 9.17) is 14.6 Å². The molecule has 1 aromatic heterocycles. The Morgan fingerprint density at radius 1 is 1.03 bits per heavy atom. The highest BCUT2D eigenvalue weighted by molar-refractivity contribution is 7.90. The van der Waals surface area contributed by atoms with Crippen molar-refractivity contribution in [2.24, 2.45) is 0 Å². The quantitative estimate of drug-likeness (QED) is 0.545. The van der Waals surface area contributed by atoms with Crippen molar-refractivity contribution in [2.45, 2.75) is 24.7 Å². The monoisotopic (exact) mass is 431 g/mol. The van der Waals surface area contributed by atoms with Crippen molar-refractivity contribution in [1.82, 2.24) is 3.97 Å². The minimum Gasteiger partial charge on any atom is -0.493 e. The first-order valence-corrected chi connectivity index (χ1v) is 10.5. The smallest absolute Gasteiger partial charge is 0.303 e. The first-order chi connectivity index (χ1) is 14.2. The van der Waals surface area contributed by atoms with Gasteiger partial charge in [0.05, 0.1) is 24.6 Å². The summed E-state index contributed by atoms with van der Waals surface area (Å²) >= 11 is 0. The third-order valence-electron chi connectivity index (χ3n) is 4.78. The van der Waals surface area contributed by atoms with Gasteiger partial charge in [0.2, 0.25) is 0 Å². The topological polar surface area (TPSA) is 112 Å². The molecule has 2 aromatic carbocycles. The van der Waals surface area contributed by atoms with Crippen LogP contribution in [0.4, 0.5) is 0 Å². The zero-order valence-corrected chi connectivity index (χ0v) is 17.5. The van der Waals surface area contributed by atoms with Crippen molar-refractivity contribution in [3.63, 3.8) is 0 Å². The summed E-state index contributed by atoms with van der Waals surface area (Å²) in [6, 6.07) is 8.83. The van der Waals surface area contributed by atoms with E-state index >= 15 is 0 Å². The second kappa shape index (κ2) is 8.19. The van der Waals surface area contributed by atoms with Gasteiger partial charge >= 0.3 is 5.97 Å². The highest BCUT2D eigenvalue weighted by Gasteiger charge is 2.23. The Morgan fingerprint density at radius 2 is 1.63 bits per heavy atom. The van der Waals surface area contributed by atoms with Gasteiger partial charge in [-0.3, -0.25) is 9.59 Å². The maximum Gasteiger partial charge on any atom is 0.303 e. The number of methoxy groups -OCH3 is 2. The molecular weight excluding hydrogens is 410 g/mol. The van der Waals surface area contributed by atoms with E-state index in [0.29, 0.717) is 33.5 Å². The van der Waals surface area contributed by atoms with Gasteiger partial charge in [-0.1, -0.05) is 12.1 Å². The van der Waals surface area contributed by atoms with E-state index in [1.807, 2.05) is 0 Å². The minimum atomic E-state index is -4.01. The van der Waals surface area contributed by atoms with Gasteiger partial charge in [-0.15, -0.1) is 0 Å². The molecule has 3 aromatic rings. The molecule has 158 valence electrons. The number of aryl methyl sites for hydroxylation is 1. The SMILES string of the molecule is COc1cc2c(CCC(=O)O)cn(S(=O)(=O)c3ccc(C(C)=O)cc3)c2cc1OC. The first kappa shape index (κ1) is 21.4. The molecule has 1 heterocycles. The van der Waals surface area contributed by atoms with Crippen LogP contribution in [0.3, 0.4) is 0 Å². The molecule has 0 saturated heterocycles. The van der Waals surface area contributed by atoms with E-state index in [2.05, 4.69) is 0 Å². The molecule has 30 heavy (non-hydrogen) atoms. The summed E-state index contributed by atoms with van der Waals surface area (Å²) in [5, 5.41) is 9.60. The lowest BCUT2D eigenvalue weighted by atomic mass is 10.1. The Labute approximate surface area is 173 Å². The van der Waals surface area contributed by atoms with Gasteiger partial charge < -0.3 is 14.6 Å². The molecule has 8 nitrogen and oxygen atoms in total. The summed E-state index contributed by atoms with van der Waals surface area (Å²) in [6.07, 6.45) is 1.41. The van der Waals surface area contributed by atoms with Gasteiger partial charge in [0.25, 0.3) is 10.0 Å². The van der Waals surface area contributed by atoms with Crippen LogP contribution in [0.15, 0.2) is 47.5 Å².